The van der Waals surface area contributed by atoms with Gasteiger partial charge in [-0.15, -0.1) is 12.4 Å². The molecule has 0 aliphatic carbocycles. The van der Waals surface area contributed by atoms with Crippen molar-refractivity contribution in [1.82, 2.24) is 10.6 Å². The summed E-state index contributed by atoms with van der Waals surface area (Å²) in [5.41, 5.74) is 1.76. The quantitative estimate of drug-likeness (QED) is 0.873. The second-order valence-electron chi connectivity index (χ2n) is 4.48. The van der Waals surface area contributed by atoms with E-state index < -0.39 is 0 Å². The van der Waals surface area contributed by atoms with Gasteiger partial charge in [0.2, 0.25) is 0 Å². The predicted molar refractivity (Wildman–Crippen MR) is 79.5 cm³/mol. The summed E-state index contributed by atoms with van der Waals surface area (Å²) < 4.78 is 0.940. The van der Waals surface area contributed by atoms with Crippen LogP contribution in [0.1, 0.15) is 28.8 Å². The average molecular weight is 334 g/mol. The summed E-state index contributed by atoms with van der Waals surface area (Å²) in [5, 5.41) is 6.37. The highest BCUT2D eigenvalue weighted by atomic mass is 79.9. The number of halogens is 2. The number of amides is 1. The Morgan fingerprint density at radius 2 is 2.28 bits per heavy atom. The SMILES string of the molecule is Cc1ccc(Br)cc1C(=O)N[C@H]1CCCNC1.Cl. The maximum absolute atomic E-state index is 12.1. The molecule has 1 fully saturated rings. The molecule has 1 aliphatic rings. The maximum atomic E-state index is 12.1. The van der Waals surface area contributed by atoms with Crippen molar-refractivity contribution >= 4 is 34.2 Å². The fourth-order valence-electron chi connectivity index (χ4n) is 2.08. The molecular formula is C13H18BrClN2O. The van der Waals surface area contributed by atoms with E-state index in [9.17, 15) is 4.79 Å². The van der Waals surface area contributed by atoms with Gasteiger partial charge >= 0.3 is 0 Å². The van der Waals surface area contributed by atoms with Gasteiger partial charge in [0.05, 0.1) is 0 Å². The summed E-state index contributed by atoms with van der Waals surface area (Å²) in [4.78, 5) is 12.1. The molecule has 0 bridgehead atoms. The Bertz CT molecular complexity index is 419. The lowest BCUT2D eigenvalue weighted by Crippen LogP contribution is -2.45. The van der Waals surface area contributed by atoms with Crippen molar-refractivity contribution in [3.63, 3.8) is 0 Å². The molecule has 3 nitrogen and oxygen atoms in total. The molecule has 0 spiro atoms. The zero-order chi connectivity index (χ0) is 12.3. The maximum Gasteiger partial charge on any atom is 0.251 e. The predicted octanol–water partition coefficient (Wildman–Crippen LogP) is 2.66. The van der Waals surface area contributed by atoms with Crippen LogP contribution in [0.2, 0.25) is 0 Å². The van der Waals surface area contributed by atoms with Crippen LogP contribution in [-0.4, -0.2) is 25.0 Å². The molecule has 1 heterocycles. The van der Waals surface area contributed by atoms with Gasteiger partial charge in [-0.1, -0.05) is 22.0 Å². The van der Waals surface area contributed by atoms with E-state index in [2.05, 4.69) is 26.6 Å². The lowest BCUT2D eigenvalue weighted by atomic mass is 10.1. The van der Waals surface area contributed by atoms with Crippen LogP contribution in [0.25, 0.3) is 0 Å². The van der Waals surface area contributed by atoms with Gasteiger partial charge in [-0.3, -0.25) is 4.79 Å². The van der Waals surface area contributed by atoms with Crippen molar-refractivity contribution in [3.05, 3.63) is 33.8 Å². The van der Waals surface area contributed by atoms with Crippen LogP contribution >= 0.6 is 28.3 Å². The van der Waals surface area contributed by atoms with Crippen LogP contribution in [0.5, 0.6) is 0 Å². The van der Waals surface area contributed by atoms with Crippen molar-refractivity contribution in [1.29, 1.82) is 0 Å². The van der Waals surface area contributed by atoms with Crippen molar-refractivity contribution in [2.45, 2.75) is 25.8 Å². The second-order valence-corrected chi connectivity index (χ2v) is 5.39. The van der Waals surface area contributed by atoms with E-state index in [1.807, 2.05) is 25.1 Å². The van der Waals surface area contributed by atoms with Crippen LogP contribution in [0.4, 0.5) is 0 Å². The standard InChI is InChI=1S/C13H17BrN2O.ClH/c1-9-4-5-10(14)7-12(9)13(17)16-11-3-2-6-15-8-11;/h4-5,7,11,15H,2-3,6,8H2,1H3,(H,16,17);1H/t11-;/m0./s1. The number of hydrogen-bond acceptors (Lipinski definition) is 2. The molecule has 18 heavy (non-hydrogen) atoms. The number of rotatable bonds is 2. The van der Waals surface area contributed by atoms with Gasteiger partial charge in [-0.05, 0) is 44.0 Å². The highest BCUT2D eigenvalue weighted by Crippen LogP contribution is 2.16. The van der Waals surface area contributed by atoms with E-state index in [-0.39, 0.29) is 24.4 Å². The summed E-state index contributed by atoms with van der Waals surface area (Å²) in [6.45, 7) is 3.89. The van der Waals surface area contributed by atoms with E-state index in [0.29, 0.717) is 0 Å². The van der Waals surface area contributed by atoms with E-state index in [0.717, 1.165) is 41.5 Å². The summed E-state index contributed by atoms with van der Waals surface area (Å²) >= 11 is 3.40. The molecule has 0 aromatic heterocycles. The number of hydrogen-bond donors (Lipinski definition) is 2. The summed E-state index contributed by atoms with van der Waals surface area (Å²) in [6, 6.07) is 6.04. The van der Waals surface area contributed by atoms with Gasteiger partial charge in [0.1, 0.15) is 0 Å². The molecule has 1 saturated heterocycles. The molecule has 1 amide bonds. The fraction of sp³-hybridized carbons (Fsp3) is 0.462. The minimum atomic E-state index is 0. The van der Waals surface area contributed by atoms with Crippen molar-refractivity contribution in [3.8, 4) is 0 Å². The number of aryl methyl sites for hydroxylation is 1. The monoisotopic (exact) mass is 332 g/mol. The zero-order valence-electron chi connectivity index (χ0n) is 10.3. The fourth-order valence-corrected chi connectivity index (χ4v) is 2.44. The zero-order valence-corrected chi connectivity index (χ0v) is 12.7. The Balaban J connectivity index is 0.00000162. The number of piperidine rings is 1. The Hall–Kier alpha value is -0.580. The normalized spacial score (nSPS) is 18.9. The van der Waals surface area contributed by atoms with E-state index in [1.165, 1.54) is 0 Å². The summed E-state index contributed by atoms with van der Waals surface area (Å²) in [6.07, 6.45) is 2.19. The molecular weight excluding hydrogens is 316 g/mol. The van der Waals surface area contributed by atoms with Crippen molar-refractivity contribution < 1.29 is 4.79 Å². The third kappa shape index (κ3) is 3.97. The first kappa shape index (κ1) is 15.5. The number of carbonyl (C=O) groups excluding carboxylic acids is 1. The van der Waals surface area contributed by atoms with E-state index >= 15 is 0 Å². The third-order valence-electron chi connectivity index (χ3n) is 3.08. The molecule has 1 atom stereocenters. The summed E-state index contributed by atoms with van der Waals surface area (Å²) in [7, 11) is 0. The number of nitrogens with one attached hydrogen (secondary N) is 2. The Morgan fingerprint density at radius 3 is 2.94 bits per heavy atom. The topological polar surface area (TPSA) is 41.1 Å². The smallest absolute Gasteiger partial charge is 0.251 e. The molecule has 1 aromatic carbocycles. The van der Waals surface area contributed by atoms with E-state index in [1.54, 1.807) is 0 Å². The molecule has 1 aliphatic heterocycles. The summed E-state index contributed by atoms with van der Waals surface area (Å²) in [5.74, 6) is 0.0255. The first-order chi connectivity index (χ1) is 8.16. The average Bonchev–Trinajstić information content (AvgIpc) is 2.33. The molecule has 100 valence electrons. The molecule has 0 saturated carbocycles. The van der Waals surface area contributed by atoms with Crippen LogP contribution in [0.3, 0.4) is 0 Å². The number of benzene rings is 1. The second kappa shape index (κ2) is 7.12. The van der Waals surface area contributed by atoms with Gasteiger partial charge in [0, 0.05) is 22.6 Å². The first-order valence-electron chi connectivity index (χ1n) is 5.94. The molecule has 0 unspecified atom stereocenters. The first-order valence-corrected chi connectivity index (χ1v) is 6.74. The lowest BCUT2D eigenvalue weighted by molar-refractivity contribution is 0.0930. The Morgan fingerprint density at radius 1 is 1.50 bits per heavy atom. The van der Waals surface area contributed by atoms with Crippen LogP contribution < -0.4 is 10.6 Å². The molecule has 0 radical (unpaired) electrons. The van der Waals surface area contributed by atoms with Gasteiger partial charge in [0.15, 0.2) is 0 Å². The molecule has 2 rings (SSSR count). The van der Waals surface area contributed by atoms with E-state index in [4.69, 9.17) is 0 Å². The minimum absolute atomic E-state index is 0. The van der Waals surface area contributed by atoms with Crippen LogP contribution in [0, 0.1) is 6.92 Å². The lowest BCUT2D eigenvalue weighted by Gasteiger charge is -2.24. The van der Waals surface area contributed by atoms with Gasteiger partial charge in [-0.2, -0.15) is 0 Å². The minimum Gasteiger partial charge on any atom is -0.348 e. The Labute approximate surface area is 122 Å². The molecule has 2 N–H and O–H groups in total. The van der Waals surface area contributed by atoms with Gasteiger partial charge in [-0.25, -0.2) is 0 Å². The highest BCUT2D eigenvalue weighted by Gasteiger charge is 2.17. The highest BCUT2D eigenvalue weighted by molar-refractivity contribution is 9.10. The third-order valence-corrected chi connectivity index (χ3v) is 3.57. The molecule has 1 aromatic rings. The van der Waals surface area contributed by atoms with Crippen molar-refractivity contribution in [2.24, 2.45) is 0 Å². The molecule has 5 heteroatoms. The van der Waals surface area contributed by atoms with Crippen LogP contribution in [0.15, 0.2) is 22.7 Å². The van der Waals surface area contributed by atoms with Gasteiger partial charge in [0.25, 0.3) is 5.91 Å². The largest absolute Gasteiger partial charge is 0.348 e. The number of carbonyl (C=O) groups is 1. The van der Waals surface area contributed by atoms with Crippen LogP contribution in [-0.2, 0) is 0 Å². The Kier molecular flexibility index (Phi) is 6.12. The van der Waals surface area contributed by atoms with Crippen molar-refractivity contribution in [2.75, 3.05) is 13.1 Å². The van der Waals surface area contributed by atoms with Gasteiger partial charge < -0.3 is 10.6 Å².